The predicted octanol–water partition coefficient (Wildman–Crippen LogP) is 4.39. The zero-order valence-corrected chi connectivity index (χ0v) is 14.4. The molecule has 1 heterocycles. The molecule has 1 aromatic heterocycles. The highest BCUT2D eigenvalue weighted by Crippen LogP contribution is 2.20. The molecule has 2 rings (SSSR count). The number of aromatic nitrogens is 1. The summed E-state index contributed by atoms with van der Waals surface area (Å²) in [6, 6.07) is 17.0. The van der Waals surface area contributed by atoms with Gasteiger partial charge in [-0.25, -0.2) is 0 Å². The van der Waals surface area contributed by atoms with Crippen LogP contribution >= 0.6 is 15.9 Å². The summed E-state index contributed by atoms with van der Waals surface area (Å²) < 4.78 is 0. The first-order valence-corrected chi connectivity index (χ1v) is 8.61. The maximum absolute atomic E-state index is 4.61. The van der Waals surface area contributed by atoms with Crippen molar-refractivity contribution in [3.63, 3.8) is 0 Å². The van der Waals surface area contributed by atoms with Crippen LogP contribution in [0, 0.1) is 6.92 Å². The van der Waals surface area contributed by atoms with E-state index in [-0.39, 0.29) is 0 Å². The first-order chi connectivity index (χ1) is 10.2. The van der Waals surface area contributed by atoms with Crippen molar-refractivity contribution in [3.8, 4) is 0 Å². The Morgan fingerprint density at radius 3 is 2.48 bits per heavy atom. The zero-order chi connectivity index (χ0) is 15.1. The van der Waals surface area contributed by atoms with Gasteiger partial charge in [-0.2, -0.15) is 0 Å². The predicted molar refractivity (Wildman–Crippen MR) is 92.9 cm³/mol. The largest absolute Gasteiger partial charge is 0.297 e. The second-order valence-corrected chi connectivity index (χ2v) is 6.01. The molecule has 0 saturated carbocycles. The molecule has 0 N–H and O–H groups in total. The van der Waals surface area contributed by atoms with Gasteiger partial charge in [0.15, 0.2) is 0 Å². The molecule has 0 radical (unpaired) electrons. The first kappa shape index (κ1) is 16.2. The SMILES string of the molecule is CCN(Cc1cccc(C)n1)CC(CBr)c1ccccc1. The first-order valence-electron chi connectivity index (χ1n) is 7.48. The van der Waals surface area contributed by atoms with E-state index >= 15 is 0 Å². The molecule has 0 aliphatic rings. The Morgan fingerprint density at radius 1 is 1.10 bits per heavy atom. The van der Waals surface area contributed by atoms with E-state index in [9.17, 15) is 0 Å². The molecule has 3 heteroatoms. The maximum Gasteiger partial charge on any atom is 0.0547 e. The summed E-state index contributed by atoms with van der Waals surface area (Å²) in [5, 5.41) is 0.981. The molecule has 0 aliphatic carbocycles. The third kappa shape index (κ3) is 4.94. The third-order valence-electron chi connectivity index (χ3n) is 3.71. The van der Waals surface area contributed by atoms with Crippen LogP contribution in [0.5, 0.6) is 0 Å². The highest BCUT2D eigenvalue weighted by atomic mass is 79.9. The lowest BCUT2D eigenvalue weighted by Crippen LogP contribution is -2.29. The van der Waals surface area contributed by atoms with Crippen LogP contribution in [-0.2, 0) is 6.54 Å². The minimum absolute atomic E-state index is 0.510. The van der Waals surface area contributed by atoms with Gasteiger partial charge in [0.2, 0.25) is 0 Å². The molecule has 0 fully saturated rings. The summed E-state index contributed by atoms with van der Waals surface area (Å²) in [5.74, 6) is 0.510. The number of halogens is 1. The molecular formula is C18H23BrN2. The highest BCUT2D eigenvalue weighted by Gasteiger charge is 2.14. The quantitative estimate of drug-likeness (QED) is 0.691. The van der Waals surface area contributed by atoms with E-state index in [0.29, 0.717) is 5.92 Å². The number of pyridine rings is 1. The van der Waals surface area contributed by atoms with E-state index in [0.717, 1.165) is 36.4 Å². The summed E-state index contributed by atoms with van der Waals surface area (Å²) in [5.41, 5.74) is 3.63. The summed E-state index contributed by atoms with van der Waals surface area (Å²) in [7, 11) is 0. The van der Waals surface area contributed by atoms with Gasteiger partial charge in [0.25, 0.3) is 0 Å². The van der Waals surface area contributed by atoms with Crippen molar-refractivity contribution in [2.24, 2.45) is 0 Å². The van der Waals surface area contributed by atoms with Crippen LogP contribution in [0.3, 0.4) is 0 Å². The zero-order valence-electron chi connectivity index (χ0n) is 12.8. The Morgan fingerprint density at radius 2 is 1.86 bits per heavy atom. The average molecular weight is 347 g/mol. The second kappa shape index (κ2) is 8.30. The number of alkyl halides is 1. The lowest BCUT2D eigenvalue weighted by molar-refractivity contribution is 0.264. The third-order valence-corrected chi connectivity index (χ3v) is 4.50. The molecule has 0 saturated heterocycles. The van der Waals surface area contributed by atoms with Gasteiger partial charge in [0.05, 0.1) is 5.69 Å². The Hall–Kier alpha value is -1.19. The van der Waals surface area contributed by atoms with Crippen molar-refractivity contribution in [1.29, 1.82) is 0 Å². The lowest BCUT2D eigenvalue weighted by Gasteiger charge is -2.25. The van der Waals surface area contributed by atoms with Crippen LogP contribution in [0.2, 0.25) is 0 Å². The van der Waals surface area contributed by atoms with Crippen LogP contribution in [0.4, 0.5) is 0 Å². The van der Waals surface area contributed by atoms with Crippen LogP contribution < -0.4 is 0 Å². The Labute approximate surface area is 136 Å². The molecule has 0 spiro atoms. The fraction of sp³-hybridized carbons (Fsp3) is 0.389. The minimum Gasteiger partial charge on any atom is -0.297 e. The molecule has 0 bridgehead atoms. The van der Waals surface area contributed by atoms with Gasteiger partial charge in [-0.1, -0.05) is 59.3 Å². The molecule has 21 heavy (non-hydrogen) atoms. The van der Waals surface area contributed by atoms with Gasteiger partial charge < -0.3 is 0 Å². The van der Waals surface area contributed by atoms with Crippen molar-refractivity contribution in [1.82, 2.24) is 9.88 Å². The van der Waals surface area contributed by atoms with Crippen LogP contribution in [0.1, 0.15) is 29.8 Å². The standard InChI is InChI=1S/C18H23BrN2/c1-3-21(14-18-11-7-8-15(2)20-18)13-17(12-19)16-9-5-4-6-10-16/h4-11,17H,3,12-14H2,1-2H3. The minimum atomic E-state index is 0.510. The Balaban J connectivity index is 2.04. The molecule has 1 atom stereocenters. The maximum atomic E-state index is 4.61. The molecular weight excluding hydrogens is 324 g/mol. The number of likely N-dealkylation sites (N-methyl/N-ethyl adjacent to an activating group) is 1. The van der Waals surface area contributed by atoms with Gasteiger partial charge >= 0.3 is 0 Å². The summed E-state index contributed by atoms with van der Waals surface area (Å²) >= 11 is 3.67. The number of rotatable bonds is 7. The van der Waals surface area contributed by atoms with Gasteiger partial charge in [0.1, 0.15) is 0 Å². The monoisotopic (exact) mass is 346 g/mol. The number of hydrogen-bond acceptors (Lipinski definition) is 2. The van der Waals surface area contributed by atoms with Crippen LogP contribution in [-0.4, -0.2) is 28.3 Å². The number of hydrogen-bond donors (Lipinski definition) is 0. The second-order valence-electron chi connectivity index (χ2n) is 5.36. The smallest absolute Gasteiger partial charge is 0.0547 e. The number of aryl methyl sites for hydroxylation is 1. The number of benzene rings is 1. The topological polar surface area (TPSA) is 16.1 Å². The van der Waals surface area contributed by atoms with Gasteiger partial charge in [-0.3, -0.25) is 9.88 Å². The molecule has 1 aromatic carbocycles. The molecule has 2 aromatic rings. The van der Waals surface area contributed by atoms with Crippen molar-refractivity contribution in [2.45, 2.75) is 26.3 Å². The van der Waals surface area contributed by atoms with Crippen LogP contribution in [0.25, 0.3) is 0 Å². The van der Waals surface area contributed by atoms with Crippen LogP contribution in [0.15, 0.2) is 48.5 Å². The highest BCUT2D eigenvalue weighted by molar-refractivity contribution is 9.09. The average Bonchev–Trinajstić information content (AvgIpc) is 2.52. The molecule has 112 valence electrons. The van der Waals surface area contributed by atoms with Gasteiger partial charge in [0, 0.05) is 30.0 Å². The fourth-order valence-electron chi connectivity index (χ4n) is 2.50. The van der Waals surface area contributed by atoms with Crippen molar-refractivity contribution >= 4 is 15.9 Å². The van der Waals surface area contributed by atoms with Crippen molar-refractivity contribution in [2.75, 3.05) is 18.4 Å². The molecule has 2 nitrogen and oxygen atoms in total. The van der Waals surface area contributed by atoms with E-state index in [4.69, 9.17) is 0 Å². The van der Waals surface area contributed by atoms with E-state index in [1.165, 1.54) is 5.56 Å². The van der Waals surface area contributed by atoms with Gasteiger partial charge in [-0.05, 0) is 31.2 Å². The molecule has 0 amide bonds. The molecule has 1 unspecified atom stereocenters. The van der Waals surface area contributed by atoms with E-state index in [2.05, 4.69) is 75.2 Å². The number of nitrogens with zero attached hydrogens (tertiary/aromatic N) is 2. The lowest BCUT2D eigenvalue weighted by atomic mass is 10.0. The Bertz CT molecular complexity index is 542. The summed E-state index contributed by atoms with van der Waals surface area (Å²) in [6.07, 6.45) is 0. The van der Waals surface area contributed by atoms with Crippen molar-refractivity contribution in [3.05, 3.63) is 65.5 Å². The van der Waals surface area contributed by atoms with E-state index in [1.807, 2.05) is 13.0 Å². The normalized spacial score (nSPS) is 12.6. The summed E-state index contributed by atoms with van der Waals surface area (Å²) in [4.78, 5) is 7.07. The van der Waals surface area contributed by atoms with E-state index < -0.39 is 0 Å². The molecule has 0 aliphatic heterocycles. The Kier molecular flexibility index (Phi) is 6.40. The van der Waals surface area contributed by atoms with Gasteiger partial charge in [-0.15, -0.1) is 0 Å². The van der Waals surface area contributed by atoms with E-state index in [1.54, 1.807) is 0 Å². The van der Waals surface area contributed by atoms with Crippen molar-refractivity contribution < 1.29 is 0 Å². The summed E-state index contributed by atoms with van der Waals surface area (Å²) in [6.45, 7) is 7.25. The fourth-order valence-corrected chi connectivity index (χ4v) is 3.08.